The number of alkyl carbamates (subject to hydrolysis) is 1. The molecule has 0 heterocycles. The zero-order valence-corrected chi connectivity index (χ0v) is 6.54. The second-order valence-corrected chi connectivity index (χ2v) is 2.12. The Kier molecular flexibility index (Phi) is 5.20. The molecule has 1 atom stereocenters. The van der Waals surface area contributed by atoms with Gasteiger partial charge in [-0.3, -0.25) is 0 Å². The molecule has 0 aromatic rings. The zero-order chi connectivity index (χ0) is 8.69. The molecule has 0 bridgehead atoms. The number of ether oxygens (including phenoxy) is 1. The molecule has 4 nitrogen and oxygen atoms in total. The van der Waals surface area contributed by atoms with Gasteiger partial charge in [-0.2, -0.15) is 0 Å². The van der Waals surface area contributed by atoms with Gasteiger partial charge in [0.2, 0.25) is 0 Å². The summed E-state index contributed by atoms with van der Waals surface area (Å²) in [6, 6.07) is 0. The minimum absolute atomic E-state index is 0.186. The summed E-state index contributed by atoms with van der Waals surface area (Å²) in [7, 11) is 0. The number of nitrogens with one attached hydrogen (secondary N) is 1. The van der Waals surface area contributed by atoms with Crippen molar-refractivity contribution in [2.45, 2.75) is 13.0 Å². The largest absolute Gasteiger partial charge is 0.445 e. The summed E-state index contributed by atoms with van der Waals surface area (Å²) in [5.74, 6) is 0. The predicted molar refractivity (Wildman–Crippen MR) is 41.2 cm³/mol. The van der Waals surface area contributed by atoms with E-state index < -0.39 is 12.2 Å². The average Bonchev–Trinajstić information content (AvgIpc) is 1.97. The van der Waals surface area contributed by atoms with Crippen LogP contribution in [0.1, 0.15) is 6.92 Å². The van der Waals surface area contributed by atoms with Gasteiger partial charge in [-0.05, 0) is 6.92 Å². The molecule has 0 rings (SSSR count). The lowest BCUT2D eigenvalue weighted by molar-refractivity contribution is 0.144. The van der Waals surface area contributed by atoms with Gasteiger partial charge in [-0.1, -0.05) is 12.7 Å². The second-order valence-electron chi connectivity index (χ2n) is 2.12. The Morgan fingerprint density at radius 3 is 3.00 bits per heavy atom. The van der Waals surface area contributed by atoms with E-state index in [0.29, 0.717) is 0 Å². The Bertz CT molecular complexity index is 134. The minimum Gasteiger partial charge on any atom is -0.445 e. The third kappa shape index (κ3) is 6.86. The van der Waals surface area contributed by atoms with E-state index in [1.807, 2.05) is 0 Å². The van der Waals surface area contributed by atoms with E-state index in [2.05, 4.69) is 16.6 Å². The van der Waals surface area contributed by atoms with Gasteiger partial charge in [0, 0.05) is 6.54 Å². The van der Waals surface area contributed by atoms with Crippen molar-refractivity contribution in [2.24, 2.45) is 0 Å². The Hall–Kier alpha value is -1.03. The molecule has 0 saturated heterocycles. The molecule has 0 unspecified atom stereocenters. The molecule has 0 fully saturated rings. The van der Waals surface area contributed by atoms with Crippen molar-refractivity contribution in [3.05, 3.63) is 12.7 Å². The van der Waals surface area contributed by atoms with Crippen LogP contribution >= 0.6 is 0 Å². The van der Waals surface area contributed by atoms with Crippen molar-refractivity contribution in [3.63, 3.8) is 0 Å². The first-order valence-corrected chi connectivity index (χ1v) is 3.36. The maximum atomic E-state index is 10.6. The van der Waals surface area contributed by atoms with Crippen LogP contribution in [0.4, 0.5) is 4.79 Å². The summed E-state index contributed by atoms with van der Waals surface area (Å²) >= 11 is 0. The smallest absolute Gasteiger partial charge is 0.407 e. The van der Waals surface area contributed by atoms with Crippen molar-refractivity contribution in [1.29, 1.82) is 0 Å². The Morgan fingerprint density at radius 1 is 1.91 bits per heavy atom. The molecule has 0 aromatic carbocycles. The Labute approximate surface area is 65.9 Å². The van der Waals surface area contributed by atoms with Crippen LogP contribution in [0.2, 0.25) is 0 Å². The molecule has 64 valence electrons. The number of hydrogen-bond donors (Lipinski definition) is 2. The fourth-order valence-electron chi connectivity index (χ4n) is 0.417. The van der Waals surface area contributed by atoms with Gasteiger partial charge >= 0.3 is 6.09 Å². The number of carbonyl (C=O) groups excluding carboxylic acids is 1. The summed E-state index contributed by atoms with van der Waals surface area (Å²) in [6.07, 6.45) is 0.388. The maximum absolute atomic E-state index is 10.6. The Morgan fingerprint density at radius 2 is 2.55 bits per heavy atom. The second kappa shape index (κ2) is 5.73. The fraction of sp³-hybridized carbons (Fsp3) is 0.571. The fourth-order valence-corrected chi connectivity index (χ4v) is 0.417. The van der Waals surface area contributed by atoms with Gasteiger partial charge in [0.05, 0.1) is 6.10 Å². The summed E-state index contributed by atoms with van der Waals surface area (Å²) in [5.41, 5.74) is 0. The molecule has 2 N–H and O–H groups in total. The standard InChI is InChI=1S/C7H13NO3/c1-3-4-11-7(10)8-5-6(2)9/h3,6,9H,1,4-5H2,2H3,(H,8,10)/t6-/m1/s1. The quantitative estimate of drug-likeness (QED) is 0.579. The van der Waals surface area contributed by atoms with Crippen LogP contribution in [0.3, 0.4) is 0 Å². The summed E-state index contributed by atoms with van der Waals surface area (Å²) < 4.78 is 4.56. The summed E-state index contributed by atoms with van der Waals surface area (Å²) in [4.78, 5) is 10.6. The van der Waals surface area contributed by atoms with E-state index >= 15 is 0 Å². The van der Waals surface area contributed by atoms with E-state index in [1.165, 1.54) is 6.08 Å². The highest BCUT2D eigenvalue weighted by atomic mass is 16.5. The third-order valence-corrected chi connectivity index (χ3v) is 0.874. The summed E-state index contributed by atoms with van der Waals surface area (Å²) in [5, 5.41) is 11.1. The molecule has 4 heteroatoms. The normalized spacial score (nSPS) is 11.8. The SMILES string of the molecule is C=CCOC(=O)NC[C@@H](C)O. The van der Waals surface area contributed by atoms with Crippen LogP contribution in [0.5, 0.6) is 0 Å². The molecule has 0 radical (unpaired) electrons. The lowest BCUT2D eigenvalue weighted by Gasteiger charge is -2.05. The van der Waals surface area contributed by atoms with E-state index in [1.54, 1.807) is 6.92 Å². The molecule has 0 spiro atoms. The molecular weight excluding hydrogens is 146 g/mol. The molecular formula is C7H13NO3. The van der Waals surface area contributed by atoms with Crippen molar-refractivity contribution < 1.29 is 14.6 Å². The average molecular weight is 159 g/mol. The van der Waals surface area contributed by atoms with Crippen molar-refractivity contribution in [3.8, 4) is 0 Å². The van der Waals surface area contributed by atoms with Gasteiger partial charge < -0.3 is 15.2 Å². The first-order chi connectivity index (χ1) is 5.16. The van der Waals surface area contributed by atoms with Gasteiger partial charge in [-0.25, -0.2) is 4.79 Å². The lowest BCUT2D eigenvalue weighted by atomic mass is 10.4. The van der Waals surface area contributed by atoms with Crippen LogP contribution < -0.4 is 5.32 Å². The molecule has 0 aliphatic carbocycles. The molecule has 0 aliphatic rings. The monoisotopic (exact) mass is 159 g/mol. The van der Waals surface area contributed by atoms with Crippen LogP contribution in [-0.2, 0) is 4.74 Å². The highest BCUT2D eigenvalue weighted by Gasteiger charge is 2.00. The van der Waals surface area contributed by atoms with Crippen molar-refractivity contribution in [1.82, 2.24) is 5.32 Å². The minimum atomic E-state index is -0.550. The van der Waals surface area contributed by atoms with Crippen LogP contribution in [0.25, 0.3) is 0 Å². The summed E-state index contributed by atoms with van der Waals surface area (Å²) in [6.45, 7) is 5.34. The van der Waals surface area contributed by atoms with Gasteiger partial charge in [0.25, 0.3) is 0 Å². The van der Waals surface area contributed by atoms with Crippen LogP contribution in [0, 0.1) is 0 Å². The third-order valence-electron chi connectivity index (χ3n) is 0.874. The van der Waals surface area contributed by atoms with Gasteiger partial charge in [0.15, 0.2) is 0 Å². The van der Waals surface area contributed by atoms with Gasteiger partial charge in [-0.15, -0.1) is 0 Å². The maximum Gasteiger partial charge on any atom is 0.407 e. The van der Waals surface area contributed by atoms with E-state index in [4.69, 9.17) is 5.11 Å². The highest BCUT2D eigenvalue weighted by molar-refractivity contribution is 5.67. The van der Waals surface area contributed by atoms with Crippen molar-refractivity contribution in [2.75, 3.05) is 13.2 Å². The topological polar surface area (TPSA) is 58.6 Å². The molecule has 0 aromatic heterocycles. The van der Waals surface area contributed by atoms with E-state index in [9.17, 15) is 4.79 Å². The molecule has 1 amide bonds. The van der Waals surface area contributed by atoms with Crippen LogP contribution in [-0.4, -0.2) is 30.5 Å². The Balaban J connectivity index is 3.29. The van der Waals surface area contributed by atoms with Gasteiger partial charge in [0.1, 0.15) is 6.61 Å². The predicted octanol–water partition coefficient (Wildman–Crippen LogP) is 0.279. The van der Waals surface area contributed by atoms with Crippen molar-refractivity contribution >= 4 is 6.09 Å². The first-order valence-electron chi connectivity index (χ1n) is 3.36. The zero-order valence-electron chi connectivity index (χ0n) is 6.54. The molecule has 0 saturated carbocycles. The highest BCUT2D eigenvalue weighted by Crippen LogP contribution is 1.80. The number of carbonyl (C=O) groups is 1. The number of amides is 1. The molecule has 0 aliphatic heterocycles. The number of rotatable bonds is 4. The van der Waals surface area contributed by atoms with E-state index in [0.717, 1.165) is 0 Å². The van der Waals surface area contributed by atoms with E-state index in [-0.39, 0.29) is 13.2 Å². The number of aliphatic hydroxyl groups is 1. The number of aliphatic hydroxyl groups excluding tert-OH is 1. The molecule has 11 heavy (non-hydrogen) atoms. The first kappa shape index (κ1) is 9.97. The van der Waals surface area contributed by atoms with Crippen LogP contribution in [0.15, 0.2) is 12.7 Å². The lowest BCUT2D eigenvalue weighted by Crippen LogP contribution is -2.31. The number of hydrogen-bond acceptors (Lipinski definition) is 3.